The third kappa shape index (κ3) is 5.28. The first-order valence-electron chi connectivity index (χ1n) is 8.42. The molecule has 0 radical (unpaired) electrons. The third-order valence-corrected chi connectivity index (χ3v) is 4.87. The molecule has 1 aliphatic carbocycles. The maximum absolute atomic E-state index is 12.8. The van der Waals surface area contributed by atoms with Crippen molar-refractivity contribution in [3.05, 3.63) is 40.9 Å². The lowest BCUT2D eigenvalue weighted by Gasteiger charge is -2.07. The van der Waals surface area contributed by atoms with Gasteiger partial charge in [0.05, 0.1) is 5.56 Å². The van der Waals surface area contributed by atoms with Gasteiger partial charge in [-0.25, -0.2) is 4.98 Å². The van der Waals surface area contributed by atoms with Gasteiger partial charge in [-0.05, 0) is 37.3 Å². The van der Waals surface area contributed by atoms with Gasteiger partial charge in [-0.15, -0.1) is 11.3 Å². The molecule has 0 saturated heterocycles. The molecule has 8 heteroatoms. The highest BCUT2D eigenvalue weighted by atomic mass is 32.1. The minimum Gasteiger partial charge on any atom is -0.381 e. The number of aromatic nitrogens is 1. The zero-order valence-corrected chi connectivity index (χ0v) is 14.8. The Labute approximate surface area is 153 Å². The summed E-state index contributed by atoms with van der Waals surface area (Å²) in [6.07, 6.45) is -1.21. The van der Waals surface area contributed by atoms with E-state index in [2.05, 4.69) is 10.3 Å². The lowest BCUT2D eigenvalue weighted by Crippen LogP contribution is -2.25. The highest BCUT2D eigenvalue weighted by Gasteiger charge is 2.30. The van der Waals surface area contributed by atoms with Crippen LogP contribution in [0.25, 0.3) is 10.6 Å². The van der Waals surface area contributed by atoms with Crippen LogP contribution in [0.3, 0.4) is 0 Å². The molecule has 1 aromatic heterocycles. The molecule has 0 spiro atoms. The van der Waals surface area contributed by atoms with Gasteiger partial charge in [-0.1, -0.05) is 12.1 Å². The van der Waals surface area contributed by atoms with E-state index in [9.17, 15) is 18.0 Å². The molecule has 1 aromatic carbocycles. The minimum absolute atomic E-state index is 0.210. The van der Waals surface area contributed by atoms with Gasteiger partial charge in [0.25, 0.3) is 5.91 Å². The number of nitrogens with zero attached hydrogens (tertiary/aromatic N) is 1. The molecule has 1 N–H and O–H groups in total. The Morgan fingerprint density at radius 1 is 1.35 bits per heavy atom. The molecule has 0 unspecified atom stereocenters. The van der Waals surface area contributed by atoms with Crippen molar-refractivity contribution in [2.45, 2.75) is 25.4 Å². The zero-order chi connectivity index (χ0) is 18.6. The van der Waals surface area contributed by atoms with E-state index in [1.807, 2.05) is 0 Å². The molecule has 1 amide bonds. The predicted octanol–water partition coefficient (Wildman–Crippen LogP) is 4.38. The Morgan fingerprint density at radius 2 is 2.15 bits per heavy atom. The van der Waals surface area contributed by atoms with Crippen LogP contribution in [0.4, 0.5) is 13.2 Å². The maximum Gasteiger partial charge on any atom is 0.416 e. The molecule has 1 aliphatic rings. The number of carbonyl (C=O) groups is 1. The van der Waals surface area contributed by atoms with Crippen LogP contribution in [0.1, 0.15) is 35.3 Å². The summed E-state index contributed by atoms with van der Waals surface area (Å²) < 4.78 is 43.9. The van der Waals surface area contributed by atoms with Gasteiger partial charge >= 0.3 is 6.18 Å². The minimum atomic E-state index is -4.41. The lowest BCUT2D eigenvalue weighted by molar-refractivity contribution is -0.137. The quantitative estimate of drug-likeness (QED) is 0.688. The Balaban J connectivity index is 1.51. The van der Waals surface area contributed by atoms with Crippen LogP contribution in [0.15, 0.2) is 29.6 Å². The summed E-state index contributed by atoms with van der Waals surface area (Å²) in [5, 5.41) is 4.68. The fraction of sp³-hybridized carbons (Fsp3) is 0.444. The van der Waals surface area contributed by atoms with Crippen molar-refractivity contribution >= 4 is 17.2 Å². The molecule has 0 bridgehead atoms. The van der Waals surface area contributed by atoms with Gasteiger partial charge < -0.3 is 10.1 Å². The number of carbonyl (C=O) groups excluding carboxylic acids is 1. The van der Waals surface area contributed by atoms with E-state index in [1.165, 1.54) is 18.9 Å². The van der Waals surface area contributed by atoms with E-state index in [-0.39, 0.29) is 11.6 Å². The molecule has 1 heterocycles. The van der Waals surface area contributed by atoms with Crippen LogP contribution < -0.4 is 5.32 Å². The molecule has 1 saturated carbocycles. The second-order valence-corrected chi connectivity index (χ2v) is 7.10. The first-order valence-corrected chi connectivity index (χ1v) is 9.30. The van der Waals surface area contributed by atoms with Gasteiger partial charge in [0, 0.05) is 30.7 Å². The summed E-state index contributed by atoms with van der Waals surface area (Å²) in [6, 6.07) is 4.93. The summed E-state index contributed by atoms with van der Waals surface area (Å²) in [4.78, 5) is 16.2. The molecule has 0 atom stereocenters. The molecule has 26 heavy (non-hydrogen) atoms. The molecule has 3 rings (SSSR count). The summed E-state index contributed by atoms with van der Waals surface area (Å²) in [7, 11) is 0. The van der Waals surface area contributed by atoms with E-state index in [0.29, 0.717) is 36.1 Å². The Morgan fingerprint density at radius 3 is 2.88 bits per heavy atom. The van der Waals surface area contributed by atoms with E-state index in [0.717, 1.165) is 30.1 Å². The summed E-state index contributed by atoms with van der Waals surface area (Å²) in [6.45, 7) is 1.86. The SMILES string of the molecule is O=C(NCCCOCC1CC1)c1csc(-c2cccc(C(F)(F)F)c2)n1. The van der Waals surface area contributed by atoms with Crippen LogP contribution in [-0.4, -0.2) is 30.6 Å². The number of benzene rings is 1. The lowest BCUT2D eigenvalue weighted by atomic mass is 10.1. The molecule has 4 nitrogen and oxygen atoms in total. The van der Waals surface area contributed by atoms with E-state index in [1.54, 1.807) is 11.4 Å². The molecular weight excluding hydrogens is 365 g/mol. The number of alkyl halides is 3. The van der Waals surface area contributed by atoms with Crippen LogP contribution in [0.2, 0.25) is 0 Å². The van der Waals surface area contributed by atoms with Crippen molar-refractivity contribution in [2.24, 2.45) is 5.92 Å². The van der Waals surface area contributed by atoms with Crippen molar-refractivity contribution in [3.8, 4) is 10.6 Å². The van der Waals surface area contributed by atoms with Crippen LogP contribution in [0.5, 0.6) is 0 Å². The third-order valence-electron chi connectivity index (χ3n) is 3.98. The number of ether oxygens (including phenoxy) is 1. The Kier molecular flexibility index (Phi) is 5.93. The molecule has 1 fully saturated rings. The fourth-order valence-electron chi connectivity index (χ4n) is 2.34. The molecular formula is C18H19F3N2O2S. The van der Waals surface area contributed by atoms with Crippen LogP contribution in [-0.2, 0) is 10.9 Å². The maximum atomic E-state index is 12.8. The molecule has 140 valence electrons. The second-order valence-electron chi connectivity index (χ2n) is 6.24. The van der Waals surface area contributed by atoms with Gasteiger partial charge in [0.2, 0.25) is 0 Å². The average Bonchev–Trinajstić information content (AvgIpc) is 3.30. The standard InChI is InChI=1S/C18H19F3N2O2S/c19-18(20,21)14-4-1-3-13(9-14)17-23-15(11-26-17)16(24)22-7-2-8-25-10-12-5-6-12/h1,3-4,9,11-12H,2,5-8,10H2,(H,22,24). The summed E-state index contributed by atoms with van der Waals surface area (Å²) in [5.74, 6) is 0.385. The highest BCUT2D eigenvalue weighted by molar-refractivity contribution is 7.13. The second kappa shape index (κ2) is 8.18. The number of thiazole rings is 1. The van der Waals surface area contributed by atoms with E-state index in [4.69, 9.17) is 4.74 Å². The smallest absolute Gasteiger partial charge is 0.381 e. The van der Waals surface area contributed by atoms with E-state index < -0.39 is 11.7 Å². The van der Waals surface area contributed by atoms with Gasteiger partial charge in [0.1, 0.15) is 10.7 Å². The van der Waals surface area contributed by atoms with Crippen LogP contribution in [0, 0.1) is 5.92 Å². The van der Waals surface area contributed by atoms with Crippen LogP contribution >= 0.6 is 11.3 Å². The van der Waals surface area contributed by atoms with Gasteiger partial charge in [-0.2, -0.15) is 13.2 Å². The Hall–Kier alpha value is -1.93. The topological polar surface area (TPSA) is 51.2 Å². The van der Waals surface area contributed by atoms with Crippen molar-refractivity contribution < 1.29 is 22.7 Å². The Bertz CT molecular complexity index is 757. The van der Waals surface area contributed by atoms with Gasteiger partial charge in [0.15, 0.2) is 0 Å². The largest absolute Gasteiger partial charge is 0.416 e. The number of halogens is 3. The van der Waals surface area contributed by atoms with E-state index >= 15 is 0 Å². The number of hydrogen-bond acceptors (Lipinski definition) is 4. The number of hydrogen-bond donors (Lipinski definition) is 1. The monoisotopic (exact) mass is 384 g/mol. The van der Waals surface area contributed by atoms with Crippen molar-refractivity contribution in [2.75, 3.05) is 19.8 Å². The number of amides is 1. The number of nitrogens with one attached hydrogen (secondary N) is 1. The zero-order valence-electron chi connectivity index (χ0n) is 14.0. The molecule has 0 aliphatic heterocycles. The fourth-order valence-corrected chi connectivity index (χ4v) is 3.14. The van der Waals surface area contributed by atoms with Gasteiger partial charge in [-0.3, -0.25) is 4.79 Å². The highest BCUT2D eigenvalue weighted by Crippen LogP contribution is 2.33. The number of rotatable bonds is 8. The first kappa shape index (κ1) is 18.8. The average molecular weight is 384 g/mol. The normalized spacial score (nSPS) is 14.4. The van der Waals surface area contributed by atoms with Crippen molar-refractivity contribution in [1.82, 2.24) is 10.3 Å². The predicted molar refractivity (Wildman–Crippen MR) is 93.0 cm³/mol. The first-order chi connectivity index (χ1) is 12.4. The summed E-state index contributed by atoms with van der Waals surface area (Å²) >= 11 is 1.14. The molecule has 2 aromatic rings. The van der Waals surface area contributed by atoms with Crippen molar-refractivity contribution in [3.63, 3.8) is 0 Å². The summed E-state index contributed by atoms with van der Waals surface area (Å²) in [5.41, 5.74) is -0.180. The van der Waals surface area contributed by atoms with Crippen molar-refractivity contribution in [1.29, 1.82) is 0 Å².